The maximum absolute atomic E-state index is 2.65. The average Bonchev–Trinajstić information content (AvgIpc) is 3.36. The van der Waals surface area contributed by atoms with E-state index in [9.17, 15) is 0 Å². The molecule has 4 aromatic rings. The van der Waals surface area contributed by atoms with E-state index in [1.807, 2.05) is 0 Å². The van der Waals surface area contributed by atoms with Crippen molar-refractivity contribution in [1.29, 1.82) is 0 Å². The molecule has 0 radical (unpaired) electrons. The van der Waals surface area contributed by atoms with Crippen LogP contribution in [0.1, 0.15) is 122 Å². The molecule has 1 aliphatic heterocycles. The van der Waals surface area contributed by atoms with Gasteiger partial charge in [-0.1, -0.05) is 136 Å². The van der Waals surface area contributed by atoms with Gasteiger partial charge in [-0.05, 0) is 105 Å². The lowest BCUT2D eigenvalue weighted by molar-refractivity contribution is 0.107. The van der Waals surface area contributed by atoms with Gasteiger partial charge in [0.1, 0.15) is 0 Å². The molecule has 244 valence electrons. The van der Waals surface area contributed by atoms with Crippen LogP contribution in [0.15, 0.2) is 72.3 Å². The summed E-state index contributed by atoms with van der Waals surface area (Å²) in [5.74, 6) is 0.970. The van der Waals surface area contributed by atoms with Crippen LogP contribution in [0.2, 0.25) is 0 Å². The van der Waals surface area contributed by atoms with Crippen LogP contribution < -0.4 is 20.6 Å². The number of allylic oxidation sites excluding steroid dienone is 1. The Kier molecular flexibility index (Phi) is 7.42. The first kappa shape index (κ1) is 32.5. The summed E-state index contributed by atoms with van der Waals surface area (Å²) in [5, 5.41) is 0. The molecule has 1 saturated carbocycles. The van der Waals surface area contributed by atoms with Gasteiger partial charge in [-0.2, -0.15) is 0 Å². The van der Waals surface area contributed by atoms with Gasteiger partial charge in [-0.15, -0.1) is 11.3 Å². The van der Waals surface area contributed by atoms with E-state index >= 15 is 0 Å². The van der Waals surface area contributed by atoms with Crippen LogP contribution >= 0.6 is 11.3 Å². The van der Waals surface area contributed by atoms with Gasteiger partial charge in [0.15, 0.2) is 0 Å². The maximum Gasteiger partial charge on any atom is 0.259 e. The molecule has 47 heavy (non-hydrogen) atoms. The van der Waals surface area contributed by atoms with Crippen LogP contribution in [0.5, 0.6) is 0 Å². The van der Waals surface area contributed by atoms with Gasteiger partial charge in [0.2, 0.25) is 0 Å². The number of hydrogen-bond acceptors (Lipinski definition) is 2. The van der Waals surface area contributed by atoms with Crippen molar-refractivity contribution in [2.24, 2.45) is 16.7 Å². The third-order valence-electron chi connectivity index (χ3n) is 11.9. The van der Waals surface area contributed by atoms with Crippen molar-refractivity contribution in [1.82, 2.24) is 0 Å². The van der Waals surface area contributed by atoms with Gasteiger partial charge in [-0.3, -0.25) is 0 Å². The molecule has 0 amide bonds. The molecular weight excluding hydrogens is 585 g/mol. The number of thiophene rings is 1. The summed E-state index contributed by atoms with van der Waals surface area (Å²) in [7, 11) is 0. The Morgan fingerprint density at radius 1 is 0.787 bits per heavy atom. The van der Waals surface area contributed by atoms with Gasteiger partial charge in [0, 0.05) is 21.0 Å². The second-order valence-corrected chi connectivity index (χ2v) is 19.4. The maximum atomic E-state index is 2.65. The molecule has 3 aromatic carbocycles. The quantitative estimate of drug-likeness (QED) is 0.174. The Balaban J connectivity index is 1.52. The molecule has 3 aliphatic rings. The summed E-state index contributed by atoms with van der Waals surface area (Å²) >= 11 is 2.07. The molecule has 3 heteroatoms. The number of hydrogen-bond donors (Lipinski definition) is 0. The average molecular weight is 640 g/mol. The highest BCUT2D eigenvalue weighted by Gasteiger charge is 2.51. The fourth-order valence-electron chi connectivity index (χ4n) is 9.00. The second kappa shape index (κ2) is 10.7. The third kappa shape index (κ3) is 5.27. The predicted octanol–water partition coefficient (Wildman–Crippen LogP) is 10.9. The number of rotatable bonds is 2. The van der Waals surface area contributed by atoms with Crippen LogP contribution in [0.25, 0.3) is 6.08 Å². The topological polar surface area (TPSA) is 3.24 Å². The van der Waals surface area contributed by atoms with Gasteiger partial charge in [0.25, 0.3) is 6.71 Å². The van der Waals surface area contributed by atoms with Crippen LogP contribution in [-0.2, 0) is 10.8 Å². The lowest BCUT2D eigenvalue weighted by atomic mass is 9.37. The lowest BCUT2D eigenvalue weighted by Crippen LogP contribution is -2.56. The van der Waals surface area contributed by atoms with Gasteiger partial charge in [0.05, 0.1) is 5.69 Å². The molecule has 2 unspecified atom stereocenters. The van der Waals surface area contributed by atoms with Crippen molar-refractivity contribution in [3.05, 3.63) is 99.4 Å². The van der Waals surface area contributed by atoms with Crippen LogP contribution in [0.4, 0.5) is 17.1 Å². The first-order chi connectivity index (χ1) is 21.9. The largest absolute Gasteiger partial charge is 0.310 e. The molecule has 2 atom stereocenters. The van der Waals surface area contributed by atoms with Crippen molar-refractivity contribution in [3.63, 3.8) is 0 Å². The summed E-state index contributed by atoms with van der Waals surface area (Å²) in [6.07, 6.45) is 5.19. The fourth-order valence-corrected chi connectivity index (χ4v) is 10.5. The first-order valence-corrected chi connectivity index (χ1v) is 18.7. The number of nitrogens with zero attached hydrogens (tertiary/aromatic N) is 1. The van der Waals surface area contributed by atoms with Crippen LogP contribution in [-0.4, -0.2) is 6.71 Å². The van der Waals surface area contributed by atoms with E-state index in [-0.39, 0.29) is 28.4 Å². The van der Waals surface area contributed by atoms with Crippen LogP contribution in [0.3, 0.4) is 0 Å². The molecule has 0 saturated heterocycles. The van der Waals surface area contributed by atoms with E-state index in [0.717, 1.165) is 0 Å². The van der Waals surface area contributed by atoms with E-state index in [0.29, 0.717) is 11.8 Å². The van der Waals surface area contributed by atoms with Crippen molar-refractivity contribution in [2.45, 2.75) is 113 Å². The normalized spacial score (nSPS) is 21.4. The molecule has 0 bridgehead atoms. The summed E-state index contributed by atoms with van der Waals surface area (Å²) in [4.78, 5) is 4.13. The van der Waals surface area contributed by atoms with E-state index in [2.05, 4.69) is 172 Å². The Hall–Kier alpha value is -3.04. The molecule has 1 fully saturated rings. The second-order valence-electron chi connectivity index (χ2n) is 18.3. The van der Waals surface area contributed by atoms with Crippen molar-refractivity contribution < 1.29 is 0 Å². The highest BCUT2D eigenvalue weighted by atomic mass is 32.1. The Labute approximate surface area is 289 Å². The van der Waals surface area contributed by atoms with E-state index in [1.54, 1.807) is 11.1 Å². The van der Waals surface area contributed by atoms with E-state index in [4.69, 9.17) is 0 Å². The lowest BCUT2D eigenvalue weighted by Gasteiger charge is -2.53. The highest BCUT2D eigenvalue weighted by Crippen LogP contribution is 2.62. The molecule has 2 heterocycles. The standard InChI is InChI=1S/C44H54BNS/c1-27-13-22-34-35(25-27)46(32-20-16-30(17-21-32)42(6,7)8)39-37-28(2)38-33(43(9,10)23-24-44(38,11)12)26-36(37)47-40(39)45(34)31-18-14-29(15-19-31)41(3,4)5/h13-22,25-26,28,38H,23-24H2,1-12H3. The fraction of sp³-hybridized carbons (Fsp3) is 0.455. The van der Waals surface area contributed by atoms with Gasteiger partial charge < -0.3 is 4.90 Å². The highest BCUT2D eigenvalue weighted by molar-refractivity contribution is 7.29. The minimum absolute atomic E-state index is 0.112. The monoisotopic (exact) mass is 639 g/mol. The summed E-state index contributed by atoms with van der Waals surface area (Å²) < 4.78 is 1.49. The molecule has 2 aliphatic carbocycles. The van der Waals surface area contributed by atoms with Crippen molar-refractivity contribution in [2.75, 3.05) is 4.90 Å². The van der Waals surface area contributed by atoms with Crippen LogP contribution in [0, 0.1) is 23.7 Å². The molecule has 0 spiro atoms. The smallest absolute Gasteiger partial charge is 0.259 e. The Morgan fingerprint density at radius 2 is 1.38 bits per heavy atom. The van der Waals surface area contributed by atoms with Gasteiger partial charge >= 0.3 is 0 Å². The first-order valence-electron chi connectivity index (χ1n) is 17.9. The molecular formula is C44H54BNS. The number of fused-ring (bicyclic) bond motifs is 5. The SMILES string of the molecule is Cc1ccc2c(c1)N(c1ccc(C(C)(C)C)cc1)c1c(sc3c1C(C)C1C(=C3)C(C)(C)CCC1(C)C)B2c1ccc(C(C)(C)C)cc1. The zero-order valence-corrected chi connectivity index (χ0v) is 31.7. The third-order valence-corrected chi connectivity index (χ3v) is 13.1. The number of anilines is 3. The minimum Gasteiger partial charge on any atom is -0.310 e. The summed E-state index contributed by atoms with van der Waals surface area (Å²) in [6.45, 7) is 28.9. The van der Waals surface area contributed by atoms with E-state index < -0.39 is 0 Å². The van der Waals surface area contributed by atoms with Crippen molar-refractivity contribution >= 4 is 56.9 Å². The number of benzene rings is 3. The number of aryl methyl sites for hydroxylation is 1. The minimum atomic E-state index is 0.112. The molecule has 1 aromatic heterocycles. The Morgan fingerprint density at radius 3 is 1.98 bits per heavy atom. The Bertz CT molecular complexity index is 1870. The van der Waals surface area contributed by atoms with Crippen molar-refractivity contribution in [3.8, 4) is 0 Å². The zero-order valence-electron chi connectivity index (χ0n) is 30.9. The zero-order chi connectivity index (χ0) is 33.8. The predicted molar refractivity (Wildman–Crippen MR) is 209 cm³/mol. The van der Waals surface area contributed by atoms with Gasteiger partial charge in [-0.25, -0.2) is 0 Å². The molecule has 7 rings (SSSR count). The van der Waals surface area contributed by atoms with E-state index in [1.165, 1.54) is 67.2 Å². The summed E-state index contributed by atoms with van der Waals surface area (Å²) in [6, 6.07) is 26.2. The summed E-state index contributed by atoms with van der Waals surface area (Å²) in [5.41, 5.74) is 14.9. The molecule has 1 nitrogen and oxygen atoms in total. The molecule has 0 N–H and O–H groups in total.